The van der Waals surface area contributed by atoms with E-state index in [-0.39, 0.29) is 16.8 Å². The highest BCUT2D eigenvalue weighted by Crippen LogP contribution is 2.21. The standard InChI is InChI=1S/C10H9F3N2O3/c1-6-7(3-2-4-8(6)15(17)18)9(16)14-5-10(11,12)13/h2-4H,5H2,1H3,(H,14,16). The van der Waals surface area contributed by atoms with Crippen molar-refractivity contribution in [1.82, 2.24) is 5.32 Å². The lowest BCUT2D eigenvalue weighted by atomic mass is 10.1. The molecule has 0 aliphatic carbocycles. The van der Waals surface area contributed by atoms with E-state index in [1.54, 1.807) is 5.32 Å². The first kappa shape index (κ1) is 13.9. The fourth-order valence-electron chi connectivity index (χ4n) is 1.34. The van der Waals surface area contributed by atoms with E-state index in [0.29, 0.717) is 0 Å². The number of benzene rings is 1. The smallest absolute Gasteiger partial charge is 0.343 e. The van der Waals surface area contributed by atoms with Crippen LogP contribution in [0, 0.1) is 17.0 Å². The van der Waals surface area contributed by atoms with E-state index in [0.717, 1.165) is 0 Å². The van der Waals surface area contributed by atoms with Gasteiger partial charge in [-0.1, -0.05) is 6.07 Å². The van der Waals surface area contributed by atoms with Gasteiger partial charge in [0, 0.05) is 17.2 Å². The number of carbonyl (C=O) groups excluding carboxylic acids is 1. The van der Waals surface area contributed by atoms with E-state index in [1.807, 2.05) is 0 Å². The monoisotopic (exact) mass is 262 g/mol. The van der Waals surface area contributed by atoms with Crippen molar-refractivity contribution in [2.75, 3.05) is 6.54 Å². The summed E-state index contributed by atoms with van der Waals surface area (Å²) in [5, 5.41) is 12.3. The summed E-state index contributed by atoms with van der Waals surface area (Å²) < 4.78 is 35.8. The lowest BCUT2D eigenvalue weighted by Gasteiger charge is -2.09. The zero-order valence-electron chi connectivity index (χ0n) is 9.25. The van der Waals surface area contributed by atoms with Crippen LogP contribution in [0.25, 0.3) is 0 Å². The largest absolute Gasteiger partial charge is 0.405 e. The van der Waals surface area contributed by atoms with Crippen molar-refractivity contribution in [2.24, 2.45) is 0 Å². The minimum absolute atomic E-state index is 0.0298. The third kappa shape index (κ3) is 3.44. The van der Waals surface area contributed by atoms with Gasteiger partial charge in [0.2, 0.25) is 0 Å². The summed E-state index contributed by atoms with van der Waals surface area (Å²) >= 11 is 0. The van der Waals surface area contributed by atoms with E-state index in [1.165, 1.54) is 25.1 Å². The molecule has 0 radical (unpaired) electrons. The Kier molecular flexibility index (Phi) is 3.89. The maximum Gasteiger partial charge on any atom is 0.405 e. The molecule has 1 N–H and O–H groups in total. The summed E-state index contributed by atoms with van der Waals surface area (Å²) in [4.78, 5) is 21.4. The predicted molar refractivity (Wildman–Crippen MR) is 56.2 cm³/mol. The molecule has 98 valence electrons. The summed E-state index contributed by atoms with van der Waals surface area (Å²) in [6, 6.07) is 3.65. The second-order valence-corrected chi connectivity index (χ2v) is 3.50. The van der Waals surface area contributed by atoms with Crippen molar-refractivity contribution in [3.05, 3.63) is 39.4 Å². The SMILES string of the molecule is Cc1c(C(=O)NCC(F)(F)F)cccc1[N+](=O)[O-]. The molecule has 0 aromatic heterocycles. The lowest BCUT2D eigenvalue weighted by molar-refractivity contribution is -0.385. The van der Waals surface area contributed by atoms with Gasteiger partial charge in [0.25, 0.3) is 11.6 Å². The van der Waals surface area contributed by atoms with E-state index in [4.69, 9.17) is 0 Å². The molecule has 0 saturated carbocycles. The number of nitrogens with zero attached hydrogens (tertiary/aromatic N) is 1. The molecule has 0 unspecified atom stereocenters. The van der Waals surface area contributed by atoms with Gasteiger partial charge in [0.15, 0.2) is 0 Å². The van der Waals surface area contributed by atoms with Crippen LogP contribution in [0.5, 0.6) is 0 Å². The Morgan fingerprint density at radius 3 is 2.56 bits per heavy atom. The Morgan fingerprint density at radius 1 is 1.44 bits per heavy atom. The molecule has 0 atom stereocenters. The van der Waals surface area contributed by atoms with Gasteiger partial charge in [-0.2, -0.15) is 13.2 Å². The van der Waals surface area contributed by atoms with Crippen molar-refractivity contribution in [3.8, 4) is 0 Å². The first-order valence-electron chi connectivity index (χ1n) is 4.81. The van der Waals surface area contributed by atoms with Crippen molar-refractivity contribution >= 4 is 11.6 Å². The second kappa shape index (κ2) is 5.03. The number of hydrogen-bond acceptors (Lipinski definition) is 3. The molecule has 0 spiro atoms. The van der Waals surface area contributed by atoms with Crippen LogP contribution in [0.15, 0.2) is 18.2 Å². The minimum atomic E-state index is -4.52. The molecular weight excluding hydrogens is 253 g/mol. The Labute approximate surface area is 99.8 Å². The van der Waals surface area contributed by atoms with Crippen LogP contribution in [0.3, 0.4) is 0 Å². The molecule has 8 heteroatoms. The highest BCUT2D eigenvalue weighted by molar-refractivity contribution is 5.96. The van der Waals surface area contributed by atoms with Gasteiger partial charge in [-0.3, -0.25) is 14.9 Å². The van der Waals surface area contributed by atoms with E-state index in [9.17, 15) is 28.1 Å². The molecule has 0 aliphatic rings. The fraction of sp³-hybridized carbons (Fsp3) is 0.300. The molecule has 0 fully saturated rings. The Bertz CT molecular complexity index is 486. The fourth-order valence-corrected chi connectivity index (χ4v) is 1.34. The average molecular weight is 262 g/mol. The maximum atomic E-state index is 11.9. The Balaban J connectivity index is 2.93. The highest BCUT2D eigenvalue weighted by atomic mass is 19.4. The number of hydrogen-bond donors (Lipinski definition) is 1. The normalized spacial score (nSPS) is 11.1. The Morgan fingerprint density at radius 2 is 2.06 bits per heavy atom. The van der Waals surface area contributed by atoms with Gasteiger partial charge < -0.3 is 5.32 Å². The molecular formula is C10H9F3N2O3. The second-order valence-electron chi connectivity index (χ2n) is 3.50. The molecule has 0 heterocycles. The van der Waals surface area contributed by atoms with Crippen LogP contribution in [0.1, 0.15) is 15.9 Å². The molecule has 18 heavy (non-hydrogen) atoms. The quantitative estimate of drug-likeness (QED) is 0.670. The first-order valence-corrected chi connectivity index (χ1v) is 4.81. The number of nitro benzene ring substituents is 1. The lowest BCUT2D eigenvalue weighted by Crippen LogP contribution is -2.34. The first-order chi connectivity index (χ1) is 8.22. The average Bonchev–Trinajstić information content (AvgIpc) is 2.24. The number of nitrogens with one attached hydrogen (secondary N) is 1. The maximum absolute atomic E-state index is 11.9. The van der Waals surface area contributed by atoms with Crippen molar-refractivity contribution in [2.45, 2.75) is 13.1 Å². The molecule has 1 amide bonds. The van der Waals surface area contributed by atoms with Crippen LogP contribution in [-0.2, 0) is 0 Å². The third-order valence-electron chi connectivity index (χ3n) is 2.20. The molecule has 0 bridgehead atoms. The summed E-state index contributed by atoms with van der Waals surface area (Å²) in [5.41, 5.74) is -0.426. The molecule has 0 aliphatic heterocycles. The Hall–Kier alpha value is -2.12. The zero-order chi connectivity index (χ0) is 13.9. The summed E-state index contributed by atoms with van der Waals surface area (Å²) in [5.74, 6) is -0.992. The molecule has 0 saturated heterocycles. The van der Waals surface area contributed by atoms with Crippen molar-refractivity contribution in [3.63, 3.8) is 0 Å². The number of halogens is 3. The van der Waals surface area contributed by atoms with E-state index >= 15 is 0 Å². The molecule has 5 nitrogen and oxygen atoms in total. The molecule has 1 aromatic rings. The highest BCUT2D eigenvalue weighted by Gasteiger charge is 2.28. The topological polar surface area (TPSA) is 72.2 Å². The van der Waals surface area contributed by atoms with Crippen LogP contribution < -0.4 is 5.32 Å². The summed E-state index contributed by atoms with van der Waals surface area (Å²) in [6.45, 7) is -0.172. The van der Waals surface area contributed by atoms with Crippen LogP contribution in [-0.4, -0.2) is 23.6 Å². The number of amides is 1. The third-order valence-corrected chi connectivity index (χ3v) is 2.20. The number of nitro groups is 1. The van der Waals surface area contributed by atoms with Gasteiger partial charge in [0.05, 0.1) is 4.92 Å². The number of alkyl halides is 3. The number of carbonyl (C=O) groups is 1. The van der Waals surface area contributed by atoms with E-state index < -0.39 is 23.6 Å². The van der Waals surface area contributed by atoms with Crippen LogP contribution in [0.4, 0.5) is 18.9 Å². The summed E-state index contributed by atoms with van der Waals surface area (Å²) in [7, 11) is 0. The molecule has 1 rings (SSSR count). The van der Waals surface area contributed by atoms with Gasteiger partial charge in [0.1, 0.15) is 6.54 Å². The molecule has 1 aromatic carbocycles. The van der Waals surface area contributed by atoms with Gasteiger partial charge in [-0.05, 0) is 13.0 Å². The summed E-state index contributed by atoms with van der Waals surface area (Å²) in [6.07, 6.45) is -4.52. The van der Waals surface area contributed by atoms with E-state index in [2.05, 4.69) is 0 Å². The van der Waals surface area contributed by atoms with Gasteiger partial charge in [-0.25, -0.2) is 0 Å². The van der Waals surface area contributed by atoms with Crippen molar-refractivity contribution < 1.29 is 22.9 Å². The minimum Gasteiger partial charge on any atom is -0.343 e. The van der Waals surface area contributed by atoms with Gasteiger partial charge in [-0.15, -0.1) is 0 Å². The zero-order valence-corrected chi connectivity index (χ0v) is 9.25. The van der Waals surface area contributed by atoms with Gasteiger partial charge >= 0.3 is 6.18 Å². The van der Waals surface area contributed by atoms with Crippen LogP contribution >= 0.6 is 0 Å². The van der Waals surface area contributed by atoms with Crippen LogP contribution in [0.2, 0.25) is 0 Å². The van der Waals surface area contributed by atoms with Crippen molar-refractivity contribution in [1.29, 1.82) is 0 Å². The number of rotatable bonds is 3. The predicted octanol–water partition coefficient (Wildman–Crippen LogP) is 2.20.